The number of nitrogens with one attached hydrogen (secondary N) is 1. The van der Waals surface area contributed by atoms with Crippen LogP contribution in [0.4, 0.5) is 0 Å². The van der Waals surface area contributed by atoms with E-state index in [-0.39, 0.29) is 22.7 Å². The fourth-order valence-corrected chi connectivity index (χ4v) is 1.99. The van der Waals surface area contributed by atoms with Crippen molar-refractivity contribution in [3.8, 4) is 0 Å². The van der Waals surface area contributed by atoms with E-state index in [9.17, 15) is 9.90 Å². The van der Waals surface area contributed by atoms with Gasteiger partial charge >= 0.3 is 0 Å². The first-order valence-electron chi connectivity index (χ1n) is 5.49. The number of rotatable bonds is 5. The molecule has 1 heterocycles. The molecule has 2 N–H and O–H groups in total. The van der Waals surface area contributed by atoms with Crippen molar-refractivity contribution in [1.82, 2.24) is 15.3 Å². The molecule has 0 aliphatic carbocycles. The molecule has 0 spiro atoms. The number of aromatic nitrogens is 2. The molecule has 1 amide bonds. The Kier molecular flexibility index (Phi) is 5.84. The van der Waals surface area contributed by atoms with Crippen molar-refractivity contribution in [3.05, 3.63) is 16.9 Å². The van der Waals surface area contributed by atoms with Crippen LogP contribution in [0, 0.1) is 0 Å². The molecule has 2 unspecified atom stereocenters. The predicted octanol–water partition coefficient (Wildman–Crippen LogP) is 1.74. The van der Waals surface area contributed by atoms with Gasteiger partial charge in [0.05, 0.1) is 17.3 Å². The molecule has 1 aromatic heterocycles. The van der Waals surface area contributed by atoms with E-state index in [0.29, 0.717) is 11.6 Å². The van der Waals surface area contributed by atoms with E-state index < -0.39 is 6.10 Å². The van der Waals surface area contributed by atoms with Gasteiger partial charge in [-0.05, 0) is 26.5 Å². The molecule has 0 saturated carbocycles. The number of aliphatic hydroxyl groups is 1. The summed E-state index contributed by atoms with van der Waals surface area (Å²) >= 11 is 7.23. The summed E-state index contributed by atoms with van der Waals surface area (Å²) in [6.07, 6.45) is 3.24. The van der Waals surface area contributed by atoms with E-state index in [1.54, 1.807) is 6.92 Å². The fourth-order valence-electron chi connectivity index (χ4n) is 1.47. The van der Waals surface area contributed by atoms with Crippen LogP contribution >= 0.6 is 23.4 Å². The normalized spacial score (nSPS) is 14.1. The van der Waals surface area contributed by atoms with Crippen molar-refractivity contribution in [2.24, 2.45) is 0 Å². The van der Waals surface area contributed by atoms with Gasteiger partial charge in [0.15, 0.2) is 10.9 Å². The number of aliphatic hydroxyl groups excluding tert-OH is 1. The minimum atomic E-state index is -0.470. The van der Waals surface area contributed by atoms with Gasteiger partial charge in [0, 0.05) is 6.04 Å². The standard InChI is InChI=1S/C11H16ClN3O2S/c1-6(4-7(2)16)14-10(17)9-8(12)5-13-11(15-9)18-3/h5-7,16H,4H2,1-3H3,(H,14,17). The highest BCUT2D eigenvalue weighted by molar-refractivity contribution is 7.98. The van der Waals surface area contributed by atoms with Crippen LogP contribution in [0.5, 0.6) is 0 Å². The summed E-state index contributed by atoms with van der Waals surface area (Å²) in [5.41, 5.74) is 0.161. The maximum Gasteiger partial charge on any atom is 0.271 e. The van der Waals surface area contributed by atoms with Crippen molar-refractivity contribution in [2.75, 3.05) is 6.26 Å². The summed E-state index contributed by atoms with van der Waals surface area (Å²) < 4.78 is 0. The monoisotopic (exact) mass is 289 g/mol. The van der Waals surface area contributed by atoms with Crippen molar-refractivity contribution in [1.29, 1.82) is 0 Å². The smallest absolute Gasteiger partial charge is 0.271 e. The van der Waals surface area contributed by atoms with E-state index >= 15 is 0 Å². The number of hydrogen-bond acceptors (Lipinski definition) is 5. The van der Waals surface area contributed by atoms with Crippen molar-refractivity contribution in [2.45, 2.75) is 37.6 Å². The molecule has 0 fully saturated rings. The summed E-state index contributed by atoms with van der Waals surface area (Å²) in [6.45, 7) is 3.49. The highest BCUT2D eigenvalue weighted by Crippen LogP contribution is 2.16. The predicted molar refractivity (Wildman–Crippen MR) is 72.0 cm³/mol. The van der Waals surface area contributed by atoms with E-state index in [0.717, 1.165) is 0 Å². The van der Waals surface area contributed by atoms with Crippen molar-refractivity contribution < 1.29 is 9.90 Å². The van der Waals surface area contributed by atoms with Crippen molar-refractivity contribution >= 4 is 29.3 Å². The molecule has 7 heteroatoms. The Morgan fingerprint density at radius 3 is 2.83 bits per heavy atom. The third kappa shape index (κ3) is 4.44. The van der Waals surface area contributed by atoms with E-state index in [2.05, 4.69) is 15.3 Å². The fraction of sp³-hybridized carbons (Fsp3) is 0.545. The highest BCUT2D eigenvalue weighted by atomic mass is 35.5. The van der Waals surface area contributed by atoms with E-state index in [1.165, 1.54) is 18.0 Å². The van der Waals surface area contributed by atoms with Crippen LogP contribution in [-0.4, -0.2) is 39.4 Å². The first kappa shape index (κ1) is 15.2. The maximum absolute atomic E-state index is 11.9. The zero-order valence-corrected chi connectivity index (χ0v) is 12.0. The molecule has 5 nitrogen and oxygen atoms in total. The highest BCUT2D eigenvalue weighted by Gasteiger charge is 2.16. The summed E-state index contributed by atoms with van der Waals surface area (Å²) in [6, 6.07) is -0.152. The van der Waals surface area contributed by atoms with Gasteiger partial charge in [0.25, 0.3) is 5.91 Å². The largest absolute Gasteiger partial charge is 0.393 e. The Hall–Kier alpha value is -0.850. The second-order valence-corrected chi connectivity index (χ2v) is 5.19. The lowest BCUT2D eigenvalue weighted by molar-refractivity contribution is 0.0917. The Labute approximate surface area is 115 Å². The Morgan fingerprint density at radius 1 is 1.61 bits per heavy atom. The second kappa shape index (κ2) is 6.92. The van der Waals surface area contributed by atoms with Gasteiger partial charge in [0.2, 0.25) is 0 Å². The Balaban J connectivity index is 2.77. The molecule has 100 valence electrons. The molecular formula is C11H16ClN3O2S. The molecule has 0 saturated heterocycles. The third-order valence-corrected chi connectivity index (χ3v) is 3.03. The Bertz CT molecular complexity index is 429. The quantitative estimate of drug-likeness (QED) is 0.638. The maximum atomic E-state index is 11.9. The summed E-state index contributed by atoms with van der Waals surface area (Å²) in [4.78, 5) is 20.0. The van der Waals surface area contributed by atoms with Gasteiger partial charge in [0.1, 0.15) is 0 Å². The SMILES string of the molecule is CSc1ncc(Cl)c(C(=O)NC(C)CC(C)O)n1. The van der Waals surface area contributed by atoms with Crippen LogP contribution in [0.15, 0.2) is 11.4 Å². The van der Waals surface area contributed by atoms with Crippen LogP contribution < -0.4 is 5.32 Å². The summed E-state index contributed by atoms with van der Waals surface area (Å²) in [7, 11) is 0. The minimum absolute atomic E-state index is 0.152. The Morgan fingerprint density at radius 2 is 2.28 bits per heavy atom. The van der Waals surface area contributed by atoms with Gasteiger partial charge in [-0.15, -0.1) is 0 Å². The topological polar surface area (TPSA) is 75.1 Å². The molecule has 1 rings (SSSR count). The van der Waals surface area contributed by atoms with Crippen LogP contribution in [0.2, 0.25) is 5.02 Å². The minimum Gasteiger partial charge on any atom is -0.393 e. The van der Waals surface area contributed by atoms with E-state index in [4.69, 9.17) is 11.6 Å². The lowest BCUT2D eigenvalue weighted by Gasteiger charge is -2.15. The average Bonchev–Trinajstić information content (AvgIpc) is 2.28. The molecule has 0 bridgehead atoms. The number of carbonyl (C=O) groups is 1. The van der Waals surface area contributed by atoms with Crippen LogP contribution in [0.25, 0.3) is 0 Å². The molecule has 1 aromatic rings. The molecule has 2 atom stereocenters. The molecule has 0 aromatic carbocycles. The van der Waals surface area contributed by atoms with Crippen LogP contribution in [0.3, 0.4) is 0 Å². The molecule has 0 aliphatic heterocycles. The molecular weight excluding hydrogens is 274 g/mol. The van der Waals surface area contributed by atoms with Gasteiger partial charge in [-0.1, -0.05) is 23.4 Å². The summed E-state index contributed by atoms with van der Waals surface area (Å²) in [5, 5.41) is 12.7. The van der Waals surface area contributed by atoms with Gasteiger partial charge in [-0.2, -0.15) is 0 Å². The zero-order chi connectivity index (χ0) is 13.7. The second-order valence-electron chi connectivity index (χ2n) is 4.01. The van der Waals surface area contributed by atoms with Gasteiger partial charge in [-0.3, -0.25) is 4.79 Å². The van der Waals surface area contributed by atoms with Crippen LogP contribution in [-0.2, 0) is 0 Å². The first-order chi connectivity index (χ1) is 8.43. The number of halogens is 1. The molecule has 18 heavy (non-hydrogen) atoms. The molecule has 0 radical (unpaired) electrons. The number of carbonyl (C=O) groups excluding carboxylic acids is 1. The number of amides is 1. The first-order valence-corrected chi connectivity index (χ1v) is 7.09. The lowest BCUT2D eigenvalue weighted by Crippen LogP contribution is -2.35. The number of nitrogens with zero attached hydrogens (tertiary/aromatic N) is 2. The van der Waals surface area contributed by atoms with Crippen molar-refractivity contribution in [3.63, 3.8) is 0 Å². The van der Waals surface area contributed by atoms with Crippen LogP contribution in [0.1, 0.15) is 30.8 Å². The summed E-state index contributed by atoms with van der Waals surface area (Å²) in [5.74, 6) is -0.356. The van der Waals surface area contributed by atoms with E-state index in [1.807, 2.05) is 13.2 Å². The number of hydrogen-bond donors (Lipinski definition) is 2. The third-order valence-electron chi connectivity index (χ3n) is 2.19. The zero-order valence-electron chi connectivity index (χ0n) is 10.5. The number of thioether (sulfide) groups is 1. The van der Waals surface area contributed by atoms with Gasteiger partial charge < -0.3 is 10.4 Å². The molecule has 0 aliphatic rings. The van der Waals surface area contributed by atoms with Gasteiger partial charge in [-0.25, -0.2) is 9.97 Å². The average molecular weight is 290 g/mol. The lowest BCUT2D eigenvalue weighted by atomic mass is 10.1.